The van der Waals surface area contributed by atoms with Crippen LogP contribution in [0.25, 0.3) is 0 Å². The zero-order valence-corrected chi connectivity index (χ0v) is 9.15. The van der Waals surface area contributed by atoms with E-state index in [4.69, 9.17) is 4.74 Å². The van der Waals surface area contributed by atoms with Crippen LogP contribution >= 0.6 is 0 Å². The van der Waals surface area contributed by atoms with E-state index in [0.29, 0.717) is 31.3 Å². The molecule has 88 valence electrons. The van der Waals surface area contributed by atoms with Crippen molar-refractivity contribution in [3.05, 3.63) is 0 Å². The molecule has 0 aromatic rings. The molecule has 4 bridgehead atoms. The van der Waals surface area contributed by atoms with Crippen molar-refractivity contribution in [1.29, 1.82) is 0 Å². The first-order valence-corrected chi connectivity index (χ1v) is 5.88. The standard InChI is InChI=1S/C12H16O4/c13-7-16-6-11-1-8-3-12(5-11,10(14)15)4-9(8)2-11/h7-9H,1-6H2,(H,14,15). The average molecular weight is 224 g/mol. The minimum absolute atomic E-state index is 0.0227. The quantitative estimate of drug-likeness (QED) is 0.734. The van der Waals surface area contributed by atoms with Crippen LogP contribution in [0.2, 0.25) is 0 Å². The number of carboxylic acid groups (broad SMARTS) is 1. The number of hydrogen-bond donors (Lipinski definition) is 1. The summed E-state index contributed by atoms with van der Waals surface area (Å²) in [5.74, 6) is 0.468. The maximum Gasteiger partial charge on any atom is 0.309 e. The fourth-order valence-corrected chi connectivity index (χ4v) is 4.73. The third kappa shape index (κ3) is 1.16. The van der Waals surface area contributed by atoms with E-state index in [9.17, 15) is 14.7 Å². The molecule has 0 amide bonds. The van der Waals surface area contributed by atoms with Crippen molar-refractivity contribution in [2.75, 3.05) is 6.61 Å². The van der Waals surface area contributed by atoms with E-state index < -0.39 is 11.4 Å². The molecule has 4 aliphatic carbocycles. The van der Waals surface area contributed by atoms with E-state index in [0.717, 1.165) is 25.7 Å². The Morgan fingerprint density at radius 1 is 1.31 bits per heavy atom. The molecule has 0 aromatic heterocycles. The second-order valence-corrected chi connectivity index (χ2v) is 6.01. The molecule has 2 atom stereocenters. The highest BCUT2D eigenvalue weighted by molar-refractivity contribution is 5.76. The summed E-state index contributed by atoms with van der Waals surface area (Å²) < 4.78 is 4.91. The number of hydrogen-bond acceptors (Lipinski definition) is 3. The molecule has 4 saturated carbocycles. The summed E-state index contributed by atoms with van der Waals surface area (Å²) in [6.07, 6.45) is 4.50. The predicted molar refractivity (Wildman–Crippen MR) is 54.6 cm³/mol. The van der Waals surface area contributed by atoms with Crippen LogP contribution in [0.4, 0.5) is 0 Å². The monoisotopic (exact) mass is 224 g/mol. The minimum atomic E-state index is -0.644. The average Bonchev–Trinajstić information content (AvgIpc) is 2.63. The fraction of sp³-hybridized carbons (Fsp3) is 0.833. The summed E-state index contributed by atoms with van der Waals surface area (Å²) in [6, 6.07) is 0. The molecule has 2 unspecified atom stereocenters. The Balaban J connectivity index is 1.86. The van der Waals surface area contributed by atoms with Crippen LogP contribution < -0.4 is 0 Å². The first-order chi connectivity index (χ1) is 7.59. The summed E-state index contributed by atoms with van der Waals surface area (Å²) in [7, 11) is 0. The van der Waals surface area contributed by atoms with E-state index in [-0.39, 0.29) is 5.41 Å². The SMILES string of the molecule is O=COCC12CC3CC(C(=O)O)(CC3C1)C2. The van der Waals surface area contributed by atoms with Gasteiger partial charge >= 0.3 is 5.97 Å². The van der Waals surface area contributed by atoms with Crippen LogP contribution in [0.5, 0.6) is 0 Å². The van der Waals surface area contributed by atoms with Crippen molar-refractivity contribution in [1.82, 2.24) is 0 Å². The first-order valence-electron chi connectivity index (χ1n) is 5.88. The number of aliphatic carboxylic acids is 1. The summed E-state index contributed by atoms with van der Waals surface area (Å²) in [6.45, 7) is 0.897. The molecule has 4 fully saturated rings. The Labute approximate surface area is 94.0 Å². The lowest BCUT2D eigenvalue weighted by molar-refractivity contribution is -0.156. The molecule has 4 aliphatic rings. The Bertz CT molecular complexity index is 335. The predicted octanol–water partition coefficient (Wildman–Crippen LogP) is 1.44. The molecule has 4 nitrogen and oxygen atoms in total. The molecular formula is C12H16O4. The van der Waals surface area contributed by atoms with Gasteiger partial charge in [-0.05, 0) is 43.9 Å². The van der Waals surface area contributed by atoms with Crippen LogP contribution in [-0.2, 0) is 14.3 Å². The number of rotatable bonds is 4. The number of ether oxygens (including phenoxy) is 1. The van der Waals surface area contributed by atoms with Crippen molar-refractivity contribution >= 4 is 12.4 Å². The van der Waals surface area contributed by atoms with E-state index in [1.807, 2.05) is 0 Å². The van der Waals surface area contributed by atoms with Gasteiger partial charge in [-0.1, -0.05) is 0 Å². The van der Waals surface area contributed by atoms with Crippen LogP contribution in [0.1, 0.15) is 32.1 Å². The summed E-state index contributed by atoms with van der Waals surface area (Å²) >= 11 is 0. The van der Waals surface area contributed by atoms with E-state index in [1.165, 1.54) is 0 Å². The van der Waals surface area contributed by atoms with Gasteiger partial charge in [0, 0.05) is 5.41 Å². The van der Waals surface area contributed by atoms with Crippen LogP contribution in [-0.4, -0.2) is 24.2 Å². The maximum absolute atomic E-state index is 11.4. The smallest absolute Gasteiger partial charge is 0.309 e. The molecule has 16 heavy (non-hydrogen) atoms. The second-order valence-electron chi connectivity index (χ2n) is 6.01. The van der Waals surface area contributed by atoms with Gasteiger partial charge in [0.1, 0.15) is 0 Å². The molecule has 0 spiro atoms. The van der Waals surface area contributed by atoms with Gasteiger partial charge in [-0.15, -0.1) is 0 Å². The van der Waals surface area contributed by atoms with Gasteiger partial charge in [0.25, 0.3) is 6.47 Å². The molecule has 0 radical (unpaired) electrons. The minimum Gasteiger partial charge on any atom is -0.481 e. The maximum atomic E-state index is 11.4. The zero-order valence-electron chi connectivity index (χ0n) is 9.15. The van der Waals surface area contributed by atoms with E-state index in [2.05, 4.69) is 0 Å². The van der Waals surface area contributed by atoms with Gasteiger partial charge in [0.05, 0.1) is 12.0 Å². The number of carboxylic acids is 1. The highest BCUT2D eigenvalue weighted by Gasteiger charge is 2.65. The second kappa shape index (κ2) is 2.99. The Kier molecular flexibility index (Phi) is 1.89. The third-order valence-electron chi connectivity index (χ3n) is 4.99. The summed E-state index contributed by atoms with van der Waals surface area (Å²) in [4.78, 5) is 21.7. The Morgan fingerprint density at radius 3 is 2.44 bits per heavy atom. The zero-order chi connectivity index (χ0) is 11.4. The number of carbonyl (C=O) groups excluding carboxylic acids is 1. The lowest BCUT2D eigenvalue weighted by Crippen LogP contribution is -2.43. The Morgan fingerprint density at radius 2 is 1.94 bits per heavy atom. The Hall–Kier alpha value is -1.06. The molecule has 4 heteroatoms. The van der Waals surface area contributed by atoms with Crippen molar-refractivity contribution < 1.29 is 19.4 Å². The van der Waals surface area contributed by atoms with Crippen molar-refractivity contribution in [3.63, 3.8) is 0 Å². The third-order valence-corrected chi connectivity index (χ3v) is 4.99. The highest BCUT2D eigenvalue weighted by atomic mass is 16.5. The topological polar surface area (TPSA) is 63.6 Å². The molecule has 0 saturated heterocycles. The van der Waals surface area contributed by atoms with Gasteiger partial charge in [-0.3, -0.25) is 9.59 Å². The van der Waals surface area contributed by atoms with Gasteiger partial charge in [-0.25, -0.2) is 0 Å². The van der Waals surface area contributed by atoms with Crippen molar-refractivity contribution in [2.45, 2.75) is 32.1 Å². The van der Waals surface area contributed by atoms with E-state index in [1.54, 1.807) is 0 Å². The lowest BCUT2D eigenvalue weighted by Gasteiger charge is -2.43. The number of carbonyl (C=O) groups is 2. The van der Waals surface area contributed by atoms with E-state index >= 15 is 0 Å². The summed E-state index contributed by atoms with van der Waals surface area (Å²) in [5.41, 5.74) is -0.525. The molecule has 0 aromatic carbocycles. The first kappa shape index (κ1) is 10.1. The normalized spacial score (nSPS) is 48.2. The molecule has 0 heterocycles. The molecule has 0 aliphatic heterocycles. The van der Waals surface area contributed by atoms with Gasteiger partial charge in [-0.2, -0.15) is 0 Å². The summed E-state index contributed by atoms with van der Waals surface area (Å²) in [5, 5.41) is 9.38. The lowest BCUT2D eigenvalue weighted by atomic mass is 9.62. The largest absolute Gasteiger partial charge is 0.481 e. The van der Waals surface area contributed by atoms with Gasteiger partial charge in [0.15, 0.2) is 0 Å². The van der Waals surface area contributed by atoms with Crippen molar-refractivity contribution in [3.8, 4) is 0 Å². The van der Waals surface area contributed by atoms with Crippen LogP contribution in [0.15, 0.2) is 0 Å². The molecular weight excluding hydrogens is 208 g/mol. The highest BCUT2D eigenvalue weighted by Crippen LogP contribution is 2.69. The van der Waals surface area contributed by atoms with Crippen molar-refractivity contribution in [2.24, 2.45) is 22.7 Å². The van der Waals surface area contributed by atoms with Crippen LogP contribution in [0.3, 0.4) is 0 Å². The molecule has 4 rings (SSSR count). The van der Waals surface area contributed by atoms with Gasteiger partial charge < -0.3 is 9.84 Å². The molecule has 1 N–H and O–H groups in total. The van der Waals surface area contributed by atoms with Crippen LogP contribution in [0, 0.1) is 22.7 Å². The fourth-order valence-electron chi connectivity index (χ4n) is 4.73. The van der Waals surface area contributed by atoms with Gasteiger partial charge in [0.2, 0.25) is 0 Å².